The standard InChI is InChI=1S/C15H28N2O3/c1-4-17(5-2)11-12(3)16-13(18)10-15(14(19)20)8-6-7-9-15/h12H,4-11H2,1-3H3,(H,16,18)(H,19,20). The average molecular weight is 284 g/mol. The van der Waals surface area contributed by atoms with Gasteiger partial charge in [0.2, 0.25) is 5.91 Å². The predicted octanol–water partition coefficient (Wildman–Crippen LogP) is 1.87. The summed E-state index contributed by atoms with van der Waals surface area (Å²) in [6.07, 6.45) is 3.19. The van der Waals surface area contributed by atoms with E-state index >= 15 is 0 Å². The van der Waals surface area contributed by atoms with Crippen LogP contribution >= 0.6 is 0 Å². The number of hydrogen-bond acceptors (Lipinski definition) is 3. The van der Waals surface area contributed by atoms with Gasteiger partial charge in [0.25, 0.3) is 0 Å². The fourth-order valence-electron chi connectivity index (χ4n) is 3.07. The number of carboxylic acids is 1. The highest BCUT2D eigenvalue weighted by atomic mass is 16.4. The molecule has 1 atom stereocenters. The molecule has 0 bridgehead atoms. The summed E-state index contributed by atoms with van der Waals surface area (Å²) in [5.74, 6) is -0.949. The van der Waals surface area contributed by atoms with Crippen molar-refractivity contribution in [3.8, 4) is 0 Å². The third-order valence-corrected chi connectivity index (χ3v) is 4.35. The maximum atomic E-state index is 12.1. The van der Waals surface area contributed by atoms with Gasteiger partial charge in [0.15, 0.2) is 0 Å². The van der Waals surface area contributed by atoms with Crippen LogP contribution in [0.3, 0.4) is 0 Å². The fourth-order valence-corrected chi connectivity index (χ4v) is 3.07. The first-order chi connectivity index (χ1) is 9.43. The average Bonchev–Trinajstić information content (AvgIpc) is 2.85. The Balaban J connectivity index is 2.48. The number of carboxylic acid groups (broad SMARTS) is 1. The van der Waals surface area contributed by atoms with Gasteiger partial charge in [-0.15, -0.1) is 0 Å². The van der Waals surface area contributed by atoms with Gasteiger partial charge in [0.05, 0.1) is 5.41 Å². The first kappa shape index (κ1) is 17.0. The van der Waals surface area contributed by atoms with Crippen LogP contribution in [-0.2, 0) is 9.59 Å². The highest BCUT2D eigenvalue weighted by Crippen LogP contribution is 2.41. The molecule has 0 aromatic heterocycles. The van der Waals surface area contributed by atoms with E-state index in [1.54, 1.807) is 0 Å². The van der Waals surface area contributed by atoms with Gasteiger partial charge in [-0.05, 0) is 32.9 Å². The van der Waals surface area contributed by atoms with Gasteiger partial charge in [-0.25, -0.2) is 0 Å². The summed E-state index contributed by atoms with van der Waals surface area (Å²) >= 11 is 0. The molecule has 1 unspecified atom stereocenters. The molecule has 2 N–H and O–H groups in total. The number of nitrogens with one attached hydrogen (secondary N) is 1. The summed E-state index contributed by atoms with van der Waals surface area (Å²) in [5.41, 5.74) is -0.820. The van der Waals surface area contributed by atoms with E-state index in [1.807, 2.05) is 6.92 Å². The Morgan fingerprint density at radius 2 is 1.80 bits per heavy atom. The molecule has 0 aromatic carbocycles. The molecule has 0 saturated heterocycles. The lowest BCUT2D eigenvalue weighted by Gasteiger charge is -2.26. The first-order valence-corrected chi connectivity index (χ1v) is 7.68. The molecule has 1 aliphatic carbocycles. The second kappa shape index (κ2) is 7.62. The van der Waals surface area contributed by atoms with Crippen molar-refractivity contribution in [1.82, 2.24) is 10.2 Å². The van der Waals surface area contributed by atoms with Crippen LogP contribution in [0.15, 0.2) is 0 Å². The van der Waals surface area contributed by atoms with E-state index in [1.165, 1.54) is 0 Å². The number of amides is 1. The van der Waals surface area contributed by atoms with Crippen LogP contribution < -0.4 is 5.32 Å². The Labute approximate surface area is 121 Å². The van der Waals surface area contributed by atoms with Gasteiger partial charge in [-0.1, -0.05) is 26.7 Å². The number of nitrogens with zero attached hydrogens (tertiary/aromatic N) is 1. The van der Waals surface area contributed by atoms with Crippen molar-refractivity contribution in [1.29, 1.82) is 0 Å². The molecule has 1 saturated carbocycles. The lowest BCUT2D eigenvalue weighted by molar-refractivity contribution is -0.151. The molecule has 5 nitrogen and oxygen atoms in total. The summed E-state index contributed by atoms with van der Waals surface area (Å²) in [6.45, 7) is 8.87. The molecule has 5 heteroatoms. The quantitative estimate of drug-likeness (QED) is 0.714. The van der Waals surface area contributed by atoms with Gasteiger partial charge in [-0.3, -0.25) is 9.59 Å². The molecular formula is C15H28N2O3. The van der Waals surface area contributed by atoms with E-state index in [0.29, 0.717) is 12.8 Å². The smallest absolute Gasteiger partial charge is 0.310 e. The third kappa shape index (κ3) is 4.47. The van der Waals surface area contributed by atoms with Gasteiger partial charge in [-0.2, -0.15) is 0 Å². The topological polar surface area (TPSA) is 69.6 Å². The molecule has 0 radical (unpaired) electrons. The third-order valence-electron chi connectivity index (χ3n) is 4.35. The molecule has 0 aromatic rings. The highest BCUT2D eigenvalue weighted by molar-refractivity contribution is 5.85. The lowest BCUT2D eigenvalue weighted by Crippen LogP contribution is -2.44. The summed E-state index contributed by atoms with van der Waals surface area (Å²) in [6, 6.07) is 0.0506. The van der Waals surface area contributed by atoms with Crippen LogP contribution in [0.25, 0.3) is 0 Å². The van der Waals surface area contributed by atoms with E-state index in [0.717, 1.165) is 32.5 Å². The molecule has 1 fully saturated rings. The van der Waals surface area contributed by atoms with E-state index < -0.39 is 11.4 Å². The maximum absolute atomic E-state index is 12.1. The van der Waals surface area contributed by atoms with Crippen LogP contribution in [0.1, 0.15) is 52.9 Å². The SMILES string of the molecule is CCN(CC)CC(C)NC(=O)CC1(C(=O)O)CCCC1. The van der Waals surface area contributed by atoms with E-state index in [9.17, 15) is 14.7 Å². The monoisotopic (exact) mass is 284 g/mol. The Morgan fingerprint density at radius 1 is 1.25 bits per heavy atom. The van der Waals surface area contributed by atoms with Crippen LogP contribution in [0.4, 0.5) is 0 Å². The fraction of sp³-hybridized carbons (Fsp3) is 0.867. The molecule has 116 valence electrons. The number of carbonyl (C=O) groups is 2. The minimum Gasteiger partial charge on any atom is -0.481 e. The van der Waals surface area contributed by atoms with Gasteiger partial charge in [0.1, 0.15) is 0 Å². The normalized spacial score (nSPS) is 19.0. The van der Waals surface area contributed by atoms with Crippen molar-refractivity contribution in [2.75, 3.05) is 19.6 Å². The van der Waals surface area contributed by atoms with Crippen LogP contribution in [0.5, 0.6) is 0 Å². The molecule has 20 heavy (non-hydrogen) atoms. The number of rotatable bonds is 8. The summed E-state index contributed by atoms with van der Waals surface area (Å²) in [4.78, 5) is 25.8. The van der Waals surface area contributed by atoms with Crippen LogP contribution in [0.2, 0.25) is 0 Å². The number of likely N-dealkylation sites (N-methyl/N-ethyl adjacent to an activating group) is 1. The zero-order chi connectivity index (χ0) is 15.2. The zero-order valence-electron chi connectivity index (χ0n) is 12.9. The van der Waals surface area contributed by atoms with E-state index in [-0.39, 0.29) is 18.4 Å². The Hall–Kier alpha value is -1.10. The van der Waals surface area contributed by atoms with E-state index in [4.69, 9.17) is 0 Å². The minimum atomic E-state index is -0.820. The van der Waals surface area contributed by atoms with Crippen molar-refractivity contribution in [3.05, 3.63) is 0 Å². The minimum absolute atomic E-state index is 0.0506. The largest absolute Gasteiger partial charge is 0.481 e. The summed E-state index contributed by atoms with van der Waals surface area (Å²) < 4.78 is 0. The van der Waals surface area contributed by atoms with Crippen molar-refractivity contribution >= 4 is 11.9 Å². The lowest BCUT2D eigenvalue weighted by atomic mass is 9.82. The molecular weight excluding hydrogens is 256 g/mol. The Morgan fingerprint density at radius 3 is 2.25 bits per heavy atom. The maximum Gasteiger partial charge on any atom is 0.310 e. The van der Waals surface area contributed by atoms with Gasteiger partial charge < -0.3 is 15.3 Å². The Bertz CT molecular complexity index is 334. The number of carbonyl (C=O) groups excluding carboxylic acids is 1. The van der Waals surface area contributed by atoms with E-state index in [2.05, 4.69) is 24.1 Å². The first-order valence-electron chi connectivity index (χ1n) is 7.68. The molecule has 0 aliphatic heterocycles. The van der Waals surface area contributed by atoms with Gasteiger partial charge >= 0.3 is 5.97 Å². The van der Waals surface area contributed by atoms with Crippen LogP contribution in [0, 0.1) is 5.41 Å². The number of hydrogen-bond donors (Lipinski definition) is 2. The molecule has 0 spiro atoms. The van der Waals surface area contributed by atoms with Gasteiger partial charge in [0, 0.05) is 19.0 Å². The zero-order valence-corrected chi connectivity index (χ0v) is 12.9. The summed E-state index contributed by atoms with van der Waals surface area (Å²) in [5, 5.41) is 12.3. The van der Waals surface area contributed by atoms with Crippen molar-refractivity contribution < 1.29 is 14.7 Å². The second-order valence-corrected chi connectivity index (χ2v) is 5.92. The van der Waals surface area contributed by atoms with Crippen molar-refractivity contribution in [2.45, 2.75) is 58.9 Å². The molecule has 0 heterocycles. The highest BCUT2D eigenvalue weighted by Gasteiger charge is 2.43. The summed E-state index contributed by atoms with van der Waals surface area (Å²) in [7, 11) is 0. The second-order valence-electron chi connectivity index (χ2n) is 5.92. The van der Waals surface area contributed by atoms with Crippen molar-refractivity contribution in [2.24, 2.45) is 5.41 Å². The number of aliphatic carboxylic acids is 1. The van der Waals surface area contributed by atoms with Crippen molar-refractivity contribution in [3.63, 3.8) is 0 Å². The molecule has 1 rings (SSSR count). The Kier molecular flexibility index (Phi) is 6.46. The molecule has 1 amide bonds. The predicted molar refractivity (Wildman–Crippen MR) is 78.5 cm³/mol. The van der Waals surface area contributed by atoms with Crippen LogP contribution in [-0.4, -0.2) is 47.6 Å². The molecule has 1 aliphatic rings.